The number of piperidine rings is 3. The first-order chi connectivity index (χ1) is 22.5. The van der Waals surface area contributed by atoms with E-state index >= 15 is 0 Å². The van der Waals surface area contributed by atoms with Gasteiger partial charge in [0.25, 0.3) is 0 Å². The van der Waals surface area contributed by atoms with E-state index in [0.29, 0.717) is 12.0 Å². The predicted octanol–water partition coefficient (Wildman–Crippen LogP) is 7.15. The number of esters is 1. The van der Waals surface area contributed by atoms with Crippen molar-refractivity contribution in [3.05, 3.63) is 82.2 Å². The molecule has 2 aliphatic carbocycles. The number of allylic oxidation sites excluding steroid dienone is 1. The van der Waals surface area contributed by atoms with Crippen molar-refractivity contribution >= 4 is 27.8 Å². The number of nitrogens with one attached hydrogen (secondary N) is 2. The maximum Gasteiger partial charge on any atom is 0.310 e. The van der Waals surface area contributed by atoms with E-state index in [1.807, 2.05) is 0 Å². The molecule has 3 saturated heterocycles. The Kier molecular flexibility index (Phi) is 6.80. The average Bonchev–Trinajstić information content (AvgIpc) is 3.60. The van der Waals surface area contributed by atoms with Crippen LogP contribution in [-0.2, 0) is 22.4 Å². The number of aromatic amines is 2. The normalized spacial score (nSPS) is 34.6. The summed E-state index contributed by atoms with van der Waals surface area (Å²) in [7, 11) is 3.74. The van der Waals surface area contributed by atoms with Crippen LogP contribution < -0.4 is 0 Å². The van der Waals surface area contributed by atoms with Crippen LogP contribution in [0.2, 0.25) is 0 Å². The first-order valence-corrected chi connectivity index (χ1v) is 17.9. The summed E-state index contributed by atoms with van der Waals surface area (Å²) in [5.74, 6) is 2.30. The maximum absolute atomic E-state index is 13.6. The van der Waals surface area contributed by atoms with Crippen molar-refractivity contribution < 1.29 is 9.53 Å². The summed E-state index contributed by atoms with van der Waals surface area (Å²) < 4.78 is 5.54. The number of ether oxygens (including phenoxy) is 1. The molecule has 6 nitrogen and oxygen atoms in total. The number of H-pyrrole nitrogens is 2. The van der Waals surface area contributed by atoms with Crippen LogP contribution in [0.25, 0.3) is 21.8 Å². The molecule has 10 rings (SSSR count). The number of para-hydroxylation sites is 1. The van der Waals surface area contributed by atoms with Crippen LogP contribution in [0.15, 0.2) is 54.1 Å². The maximum atomic E-state index is 13.6. The van der Waals surface area contributed by atoms with E-state index in [4.69, 9.17) is 4.74 Å². The van der Waals surface area contributed by atoms with Crippen LogP contribution in [0.4, 0.5) is 0 Å². The standard InChI is InChI=1S/C40H48N4O2/c1-5-23-15-22-16-32-37-28(13-14-44(20-22)39(23)32)27-12-11-25(17-34(27)42-37)30-18-29-24(6-2)21-43(3)35(36(29)40(45)46-4)19-31-26-9-7-8-10-33(26)41-38(30)31/h6-12,17,22-23,29-30,32,35-36,39,41-42H,5,13-16,18-21H2,1-4H3/b24-6-/t22-,23-,29-,30+,32-,35+,36?,39-/m0/s1. The molecule has 2 aromatic carbocycles. The number of rotatable bonds is 3. The number of aromatic nitrogens is 2. The predicted molar refractivity (Wildman–Crippen MR) is 184 cm³/mol. The molecule has 4 fully saturated rings. The van der Waals surface area contributed by atoms with E-state index in [1.54, 1.807) is 12.7 Å². The van der Waals surface area contributed by atoms with Crippen molar-refractivity contribution in [2.24, 2.45) is 23.7 Å². The third kappa shape index (κ3) is 4.18. The molecule has 2 aromatic heterocycles. The van der Waals surface area contributed by atoms with Gasteiger partial charge in [-0.3, -0.25) is 14.6 Å². The largest absolute Gasteiger partial charge is 0.469 e. The van der Waals surface area contributed by atoms with Crippen molar-refractivity contribution in [3.8, 4) is 0 Å². The number of likely N-dealkylation sites (tertiary alicyclic amines) is 1. The number of fused-ring (bicyclic) bond motifs is 9. The van der Waals surface area contributed by atoms with Gasteiger partial charge in [0.2, 0.25) is 0 Å². The molecular formula is C40H48N4O2. The van der Waals surface area contributed by atoms with E-state index in [1.165, 1.54) is 82.2 Å². The van der Waals surface area contributed by atoms with Crippen LogP contribution in [0.5, 0.6) is 0 Å². The summed E-state index contributed by atoms with van der Waals surface area (Å²) in [6.45, 7) is 7.93. The second kappa shape index (κ2) is 10.8. The average molecular weight is 617 g/mol. The highest BCUT2D eigenvalue weighted by Crippen LogP contribution is 2.52. The molecule has 6 heteroatoms. The zero-order valence-electron chi connectivity index (χ0n) is 27.8. The first-order valence-electron chi connectivity index (χ1n) is 17.9. The molecule has 0 spiro atoms. The van der Waals surface area contributed by atoms with E-state index in [2.05, 4.69) is 89.2 Å². The minimum Gasteiger partial charge on any atom is -0.469 e. The third-order valence-corrected chi connectivity index (χ3v) is 13.2. The van der Waals surface area contributed by atoms with Crippen LogP contribution in [0, 0.1) is 23.7 Å². The second-order valence-corrected chi connectivity index (χ2v) is 15.2. The molecule has 240 valence electrons. The molecular weight excluding hydrogens is 568 g/mol. The van der Waals surface area contributed by atoms with Gasteiger partial charge < -0.3 is 14.7 Å². The number of benzene rings is 2. The van der Waals surface area contributed by atoms with Gasteiger partial charge in [-0.25, -0.2) is 0 Å². The highest BCUT2D eigenvalue weighted by Gasteiger charge is 2.49. The molecule has 0 radical (unpaired) electrons. The lowest BCUT2D eigenvalue weighted by Gasteiger charge is -2.53. The van der Waals surface area contributed by atoms with Gasteiger partial charge in [-0.15, -0.1) is 0 Å². The zero-order chi connectivity index (χ0) is 31.3. The lowest BCUT2D eigenvalue weighted by molar-refractivity contribution is -0.151. The van der Waals surface area contributed by atoms with Gasteiger partial charge in [0, 0.05) is 76.7 Å². The van der Waals surface area contributed by atoms with Gasteiger partial charge >= 0.3 is 5.97 Å². The molecule has 0 amide bonds. The van der Waals surface area contributed by atoms with Gasteiger partial charge in [0.1, 0.15) is 0 Å². The Hall–Kier alpha value is -3.35. The fourth-order valence-electron chi connectivity index (χ4n) is 11.2. The van der Waals surface area contributed by atoms with Crippen molar-refractivity contribution in [1.82, 2.24) is 19.8 Å². The Labute approximate surface area is 272 Å². The molecule has 6 bridgehead atoms. The van der Waals surface area contributed by atoms with Gasteiger partial charge in [0.15, 0.2) is 0 Å². The fourth-order valence-corrected chi connectivity index (χ4v) is 11.2. The Morgan fingerprint density at radius 1 is 1.00 bits per heavy atom. The van der Waals surface area contributed by atoms with Gasteiger partial charge in [-0.05, 0) is 92.7 Å². The highest BCUT2D eigenvalue weighted by atomic mass is 16.5. The topological polar surface area (TPSA) is 64.4 Å². The number of likely N-dealkylation sites (N-methyl/N-ethyl adjacent to an activating group) is 1. The molecule has 6 heterocycles. The third-order valence-electron chi connectivity index (χ3n) is 13.2. The Balaban J connectivity index is 1.19. The highest BCUT2D eigenvalue weighted by molar-refractivity contribution is 5.88. The van der Waals surface area contributed by atoms with E-state index < -0.39 is 0 Å². The summed E-state index contributed by atoms with van der Waals surface area (Å²) in [5.41, 5.74) is 11.0. The van der Waals surface area contributed by atoms with Crippen molar-refractivity contribution in [2.75, 3.05) is 33.8 Å². The van der Waals surface area contributed by atoms with Crippen LogP contribution in [0.1, 0.15) is 79.4 Å². The van der Waals surface area contributed by atoms with Crippen LogP contribution in [-0.4, -0.2) is 71.6 Å². The van der Waals surface area contributed by atoms with Gasteiger partial charge in [-0.1, -0.05) is 55.3 Å². The van der Waals surface area contributed by atoms with Gasteiger partial charge in [-0.2, -0.15) is 0 Å². The van der Waals surface area contributed by atoms with Crippen molar-refractivity contribution in [1.29, 1.82) is 0 Å². The lowest BCUT2D eigenvalue weighted by atomic mass is 9.65. The summed E-state index contributed by atoms with van der Waals surface area (Å²) >= 11 is 0. The van der Waals surface area contributed by atoms with Crippen LogP contribution >= 0.6 is 0 Å². The molecule has 46 heavy (non-hydrogen) atoms. The smallest absolute Gasteiger partial charge is 0.310 e. The van der Waals surface area contributed by atoms with Crippen molar-refractivity contribution in [3.63, 3.8) is 0 Å². The van der Waals surface area contributed by atoms with E-state index in [9.17, 15) is 4.79 Å². The van der Waals surface area contributed by atoms with Gasteiger partial charge in [0.05, 0.1) is 13.0 Å². The summed E-state index contributed by atoms with van der Waals surface area (Å²) in [6.07, 6.45) is 9.16. The molecule has 6 aliphatic rings. The molecule has 4 aliphatic heterocycles. The molecule has 1 saturated carbocycles. The first kappa shape index (κ1) is 28.8. The lowest BCUT2D eigenvalue weighted by Crippen LogP contribution is -2.56. The van der Waals surface area contributed by atoms with Crippen LogP contribution in [0.3, 0.4) is 0 Å². The Morgan fingerprint density at radius 3 is 2.65 bits per heavy atom. The number of methoxy groups -OCH3 is 1. The number of carbonyl (C=O) groups is 1. The number of hydrogen-bond acceptors (Lipinski definition) is 4. The SMILES string of the molecule is C/C=C1/CN(C)[C@@H]2Cc3c([nH]c4ccccc34)[C@@H](c3ccc4c5c([nH]c4c3)[C@@H]3C[C@@H]4C[C@H](CC)[C@@H]3N(CC5)C4)C[C@@H]1C2C(=O)OC. The number of carbonyl (C=O) groups excluding carboxylic acids is 1. The molecule has 4 aromatic rings. The molecule has 2 unspecified atom stereocenters. The minimum absolute atomic E-state index is 0.0762. The summed E-state index contributed by atoms with van der Waals surface area (Å²) in [5, 5.41) is 2.70. The minimum atomic E-state index is -0.194. The van der Waals surface area contributed by atoms with Crippen molar-refractivity contribution in [2.45, 2.75) is 76.3 Å². The number of nitrogens with zero attached hydrogens (tertiary/aromatic N) is 2. The molecule has 2 N–H and O–H groups in total. The zero-order valence-corrected chi connectivity index (χ0v) is 27.8. The summed E-state index contributed by atoms with van der Waals surface area (Å²) in [6, 6.07) is 16.8. The second-order valence-electron chi connectivity index (χ2n) is 15.2. The Bertz CT molecular complexity index is 1870. The monoisotopic (exact) mass is 616 g/mol. The summed E-state index contributed by atoms with van der Waals surface area (Å²) in [4.78, 5) is 26.9. The quantitative estimate of drug-likeness (QED) is 0.190. The van der Waals surface area contributed by atoms with E-state index in [0.717, 1.165) is 37.6 Å². The number of hydrogen-bond donors (Lipinski definition) is 2. The Morgan fingerprint density at radius 2 is 1.83 bits per heavy atom. The van der Waals surface area contributed by atoms with E-state index in [-0.39, 0.29) is 29.8 Å². The fraction of sp³-hybridized carbons (Fsp3) is 0.525. The molecule has 9 atom stereocenters.